The minimum absolute atomic E-state index is 0.00167. The molecule has 0 radical (unpaired) electrons. The number of rotatable bonds is 3. The van der Waals surface area contributed by atoms with E-state index in [1.165, 1.54) is 0 Å². The van der Waals surface area contributed by atoms with Gasteiger partial charge in [0.25, 0.3) is 0 Å². The molecule has 0 aromatic heterocycles. The minimum Gasteiger partial charge on any atom is -0.508 e. The van der Waals surface area contributed by atoms with E-state index in [4.69, 9.17) is 0 Å². The summed E-state index contributed by atoms with van der Waals surface area (Å²) in [6.07, 6.45) is 0.676. The van der Waals surface area contributed by atoms with E-state index in [0.717, 1.165) is 11.1 Å². The van der Waals surface area contributed by atoms with Crippen LogP contribution in [-0.4, -0.2) is 43.0 Å². The molecule has 1 heterocycles. The topological polar surface area (TPSA) is 57.6 Å². The van der Waals surface area contributed by atoms with Crippen molar-refractivity contribution in [1.82, 2.24) is 4.90 Å². The Balaban J connectivity index is 2.19. The SMILES string of the molecule is Cc1ccc(O)c(C(C)N(C)C2CCS(=O)(=O)C2)c1. The molecule has 1 saturated heterocycles. The molecule has 0 saturated carbocycles. The van der Waals surface area contributed by atoms with Crippen LogP contribution in [0.15, 0.2) is 18.2 Å². The number of hydrogen-bond donors (Lipinski definition) is 1. The first-order chi connectivity index (χ1) is 8.80. The predicted molar refractivity (Wildman–Crippen MR) is 76.1 cm³/mol. The highest BCUT2D eigenvalue weighted by Gasteiger charge is 2.33. The molecule has 1 aliphatic rings. The van der Waals surface area contributed by atoms with Gasteiger partial charge in [0.2, 0.25) is 0 Å². The summed E-state index contributed by atoms with van der Waals surface area (Å²) in [6, 6.07) is 5.56. The zero-order valence-electron chi connectivity index (χ0n) is 11.6. The monoisotopic (exact) mass is 283 g/mol. The van der Waals surface area contributed by atoms with E-state index in [1.807, 2.05) is 33.0 Å². The Morgan fingerprint density at radius 2 is 2.11 bits per heavy atom. The Morgan fingerprint density at radius 3 is 2.68 bits per heavy atom. The number of aromatic hydroxyl groups is 1. The third-order valence-corrected chi connectivity index (χ3v) is 5.78. The van der Waals surface area contributed by atoms with Crippen LogP contribution in [0.25, 0.3) is 0 Å². The summed E-state index contributed by atoms with van der Waals surface area (Å²) in [7, 11) is -0.950. The lowest BCUT2D eigenvalue weighted by Crippen LogP contribution is -2.34. The average Bonchev–Trinajstić information content (AvgIpc) is 2.71. The summed E-state index contributed by atoms with van der Waals surface area (Å²) in [4.78, 5) is 2.05. The zero-order valence-corrected chi connectivity index (χ0v) is 12.4. The Labute approximate surface area is 115 Å². The van der Waals surface area contributed by atoms with Crippen LogP contribution in [0, 0.1) is 6.92 Å². The lowest BCUT2D eigenvalue weighted by Gasteiger charge is -2.30. The minimum atomic E-state index is -2.88. The van der Waals surface area contributed by atoms with Gasteiger partial charge in [-0.1, -0.05) is 17.7 Å². The van der Waals surface area contributed by atoms with Gasteiger partial charge >= 0.3 is 0 Å². The molecule has 0 spiro atoms. The quantitative estimate of drug-likeness (QED) is 0.920. The summed E-state index contributed by atoms with van der Waals surface area (Å²) >= 11 is 0. The second kappa shape index (κ2) is 5.13. The Hall–Kier alpha value is -1.07. The Kier molecular flexibility index (Phi) is 3.87. The molecule has 4 nitrogen and oxygen atoms in total. The molecule has 2 unspecified atom stereocenters. The number of phenols is 1. The van der Waals surface area contributed by atoms with Crippen LogP contribution in [0.3, 0.4) is 0 Å². The number of benzene rings is 1. The molecule has 19 heavy (non-hydrogen) atoms. The van der Waals surface area contributed by atoms with Crippen molar-refractivity contribution < 1.29 is 13.5 Å². The average molecular weight is 283 g/mol. The molecule has 0 amide bonds. The van der Waals surface area contributed by atoms with Crippen LogP contribution in [0.2, 0.25) is 0 Å². The molecule has 1 aliphatic heterocycles. The van der Waals surface area contributed by atoms with Crippen LogP contribution < -0.4 is 0 Å². The van der Waals surface area contributed by atoms with Gasteiger partial charge < -0.3 is 5.11 Å². The maximum absolute atomic E-state index is 11.5. The highest BCUT2D eigenvalue weighted by Crippen LogP contribution is 2.31. The fourth-order valence-corrected chi connectivity index (χ4v) is 4.43. The summed E-state index contributed by atoms with van der Waals surface area (Å²) in [5.41, 5.74) is 1.94. The summed E-state index contributed by atoms with van der Waals surface area (Å²) < 4.78 is 23.1. The van der Waals surface area contributed by atoms with Crippen LogP contribution in [0.5, 0.6) is 5.75 Å². The fourth-order valence-electron chi connectivity index (χ4n) is 2.64. The Bertz CT molecular complexity index is 568. The maximum Gasteiger partial charge on any atom is 0.151 e. The van der Waals surface area contributed by atoms with Crippen LogP contribution in [0.4, 0.5) is 0 Å². The number of nitrogens with zero attached hydrogens (tertiary/aromatic N) is 1. The first-order valence-corrected chi connectivity index (χ1v) is 8.34. The van der Waals surface area contributed by atoms with Gasteiger partial charge in [-0.25, -0.2) is 8.42 Å². The van der Waals surface area contributed by atoms with E-state index in [-0.39, 0.29) is 29.3 Å². The Morgan fingerprint density at radius 1 is 1.42 bits per heavy atom. The van der Waals surface area contributed by atoms with E-state index in [1.54, 1.807) is 6.07 Å². The number of aryl methyl sites for hydroxylation is 1. The van der Waals surface area contributed by atoms with Gasteiger partial charge in [-0.2, -0.15) is 0 Å². The lowest BCUT2D eigenvalue weighted by atomic mass is 10.0. The standard InChI is InChI=1S/C14H21NO3S/c1-10-4-5-14(16)13(8-10)11(2)15(3)12-6-7-19(17,18)9-12/h4-5,8,11-12,16H,6-7,9H2,1-3H3. The summed E-state index contributed by atoms with van der Waals surface area (Å²) in [5.74, 6) is 0.764. The van der Waals surface area contributed by atoms with Gasteiger partial charge in [0.15, 0.2) is 9.84 Å². The zero-order chi connectivity index (χ0) is 14.2. The van der Waals surface area contributed by atoms with Crippen LogP contribution >= 0.6 is 0 Å². The summed E-state index contributed by atoms with van der Waals surface area (Å²) in [5, 5.41) is 9.95. The number of phenolic OH excluding ortho intramolecular Hbond substituents is 1. The highest BCUT2D eigenvalue weighted by atomic mass is 32.2. The molecular weight excluding hydrogens is 262 g/mol. The molecule has 1 aromatic rings. The van der Waals surface area contributed by atoms with Crippen molar-refractivity contribution in [3.8, 4) is 5.75 Å². The third kappa shape index (κ3) is 3.09. The maximum atomic E-state index is 11.5. The fraction of sp³-hybridized carbons (Fsp3) is 0.571. The second-order valence-corrected chi connectivity index (χ2v) is 7.69. The number of sulfone groups is 1. The van der Waals surface area contributed by atoms with Crippen molar-refractivity contribution in [2.75, 3.05) is 18.6 Å². The van der Waals surface area contributed by atoms with E-state index in [2.05, 4.69) is 4.90 Å². The molecular formula is C14H21NO3S. The van der Waals surface area contributed by atoms with Gasteiger partial charge in [0.1, 0.15) is 5.75 Å². The first kappa shape index (κ1) is 14.3. The van der Waals surface area contributed by atoms with Gasteiger partial charge in [-0.15, -0.1) is 0 Å². The van der Waals surface area contributed by atoms with E-state index >= 15 is 0 Å². The van der Waals surface area contributed by atoms with Crippen molar-refractivity contribution >= 4 is 9.84 Å². The molecule has 1 N–H and O–H groups in total. The lowest BCUT2D eigenvalue weighted by molar-refractivity contribution is 0.198. The normalized spacial score (nSPS) is 23.7. The third-order valence-electron chi connectivity index (χ3n) is 4.03. The smallest absolute Gasteiger partial charge is 0.151 e. The largest absolute Gasteiger partial charge is 0.508 e. The van der Waals surface area contributed by atoms with E-state index in [9.17, 15) is 13.5 Å². The molecule has 5 heteroatoms. The van der Waals surface area contributed by atoms with Crippen molar-refractivity contribution in [2.24, 2.45) is 0 Å². The van der Waals surface area contributed by atoms with Crippen LogP contribution in [0.1, 0.15) is 30.5 Å². The van der Waals surface area contributed by atoms with Gasteiger partial charge in [-0.05, 0) is 33.4 Å². The van der Waals surface area contributed by atoms with Gasteiger partial charge in [0, 0.05) is 17.6 Å². The number of hydrogen-bond acceptors (Lipinski definition) is 4. The first-order valence-electron chi connectivity index (χ1n) is 6.52. The van der Waals surface area contributed by atoms with Crippen LogP contribution in [-0.2, 0) is 9.84 Å². The molecule has 2 rings (SSSR count). The molecule has 2 atom stereocenters. The van der Waals surface area contributed by atoms with E-state index in [0.29, 0.717) is 6.42 Å². The summed E-state index contributed by atoms with van der Waals surface area (Å²) in [6.45, 7) is 3.98. The van der Waals surface area contributed by atoms with Crippen molar-refractivity contribution in [2.45, 2.75) is 32.4 Å². The van der Waals surface area contributed by atoms with Crippen molar-refractivity contribution in [1.29, 1.82) is 0 Å². The van der Waals surface area contributed by atoms with Crippen molar-refractivity contribution in [3.05, 3.63) is 29.3 Å². The second-order valence-electron chi connectivity index (χ2n) is 5.46. The molecule has 0 bridgehead atoms. The predicted octanol–water partition coefficient (Wildman–Crippen LogP) is 1.88. The molecule has 106 valence electrons. The molecule has 1 fully saturated rings. The molecule has 1 aromatic carbocycles. The van der Waals surface area contributed by atoms with Gasteiger partial charge in [0.05, 0.1) is 11.5 Å². The highest BCUT2D eigenvalue weighted by molar-refractivity contribution is 7.91. The molecule has 0 aliphatic carbocycles. The van der Waals surface area contributed by atoms with Gasteiger partial charge in [-0.3, -0.25) is 4.90 Å². The van der Waals surface area contributed by atoms with E-state index < -0.39 is 9.84 Å². The van der Waals surface area contributed by atoms with Crippen molar-refractivity contribution in [3.63, 3.8) is 0 Å².